The molecular weight excluding hydrogens is 252 g/mol. The van der Waals surface area contributed by atoms with Crippen LogP contribution in [0.25, 0.3) is 0 Å². The number of ether oxygens (including phenoxy) is 2. The molecule has 1 aliphatic heterocycles. The maximum atomic E-state index is 9.00. The van der Waals surface area contributed by atoms with E-state index >= 15 is 0 Å². The average Bonchev–Trinajstić information content (AvgIpc) is 3.28. The van der Waals surface area contributed by atoms with Crippen LogP contribution >= 0.6 is 0 Å². The Bertz CT molecular complexity index is 487. The molecule has 1 aliphatic rings. The van der Waals surface area contributed by atoms with Gasteiger partial charge in [0.05, 0.1) is 13.2 Å². The first kappa shape index (κ1) is 13.3. The fourth-order valence-electron chi connectivity index (χ4n) is 2.32. The van der Waals surface area contributed by atoms with Crippen LogP contribution in [0.1, 0.15) is 17.2 Å². The molecule has 0 unspecified atom stereocenters. The van der Waals surface area contributed by atoms with Crippen molar-refractivity contribution in [2.45, 2.75) is 18.3 Å². The minimum absolute atomic E-state index is 0.0231. The molecule has 2 aromatic carbocycles. The predicted molar refractivity (Wildman–Crippen MR) is 76.4 cm³/mol. The summed E-state index contributed by atoms with van der Waals surface area (Å²) >= 11 is 0. The number of hydrogen-bond acceptors (Lipinski definition) is 3. The molecule has 104 valence electrons. The van der Waals surface area contributed by atoms with Gasteiger partial charge in [0.25, 0.3) is 0 Å². The van der Waals surface area contributed by atoms with Crippen LogP contribution in [0.15, 0.2) is 60.7 Å². The van der Waals surface area contributed by atoms with Gasteiger partial charge in [0.15, 0.2) is 0 Å². The minimum Gasteiger partial charge on any atom is -0.394 e. The van der Waals surface area contributed by atoms with Gasteiger partial charge in [-0.2, -0.15) is 0 Å². The number of aliphatic hydroxyl groups excluding tert-OH is 1. The molecule has 0 saturated carbocycles. The fraction of sp³-hybridized carbons (Fsp3) is 0.294. The third-order valence-corrected chi connectivity index (χ3v) is 3.50. The maximum Gasteiger partial charge on any atom is 0.110 e. The topological polar surface area (TPSA) is 42.0 Å². The molecular formula is C17H18O3. The largest absolute Gasteiger partial charge is 0.394 e. The summed E-state index contributed by atoms with van der Waals surface area (Å²) in [6.45, 7) is 0.565. The molecule has 0 aromatic heterocycles. The summed E-state index contributed by atoms with van der Waals surface area (Å²) in [5.74, 6) is 0. The van der Waals surface area contributed by atoms with Crippen molar-refractivity contribution in [1.29, 1.82) is 0 Å². The molecule has 1 N–H and O–H groups in total. The Morgan fingerprint density at radius 3 is 1.90 bits per heavy atom. The SMILES string of the molecule is OC[C@H]1O[C@@H]1COC(c1ccccc1)c1ccccc1. The third-order valence-electron chi connectivity index (χ3n) is 3.50. The second-order valence-electron chi connectivity index (χ2n) is 4.93. The molecule has 1 saturated heterocycles. The zero-order chi connectivity index (χ0) is 13.8. The molecule has 0 amide bonds. The van der Waals surface area contributed by atoms with Crippen molar-refractivity contribution in [2.75, 3.05) is 13.2 Å². The molecule has 3 heteroatoms. The lowest BCUT2D eigenvalue weighted by Gasteiger charge is -2.18. The van der Waals surface area contributed by atoms with Crippen LogP contribution in [0.4, 0.5) is 0 Å². The van der Waals surface area contributed by atoms with Crippen molar-refractivity contribution in [3.8, 4) is 0 Å². The Morgan fingerprint density at radius 1 is 0.900 bits per heavy atom. The lowest BCUT2D eigenvalue weighted by atomic mass is 10.0. The van der Waals surface area contributed by atoms with Crippen LogP contribution in [-0.4, -0.2) is 30.5 Å². The van der Waals surface area contributed by atoms with Gasteiger partial charge in [-0.3, -0.25) is 0 Å². The number of benzene rings is 2. The van der Waals surface area contributed by atoms with Crippen LogP contribution in [-0.2, 0) is 9.47 Å². The molecule has 1 heterocycles. The lowest BCUT2D eigenvalue weighted by molar-refractivity contribution is 0.0672. The second kappa shape index (κ2) is 6.18. The normalized spacial score (nSPS) is 21.1. The highest BCUT2D eigenvalue weighted by Gasteiger charge is 2.38. The molecule has 0 bridgehead atoms. The second-order valence-corrected chi connectivity index (χ2v) is 4.93. The Balaban J connectivity index is 1.74. The van der Waals surface area contributed by atoms with E-state index in [4.69, 9.17) is 14.6 Å². The molecule has 1 fully saturated rings. The zero-order valence-corrected chi connectivity index (χ0v) is 11.2. The fourth-order valence-corrected chi connectivity index (χ4v) is 2.32. The lowest BCUT2D eigenvalue weighted by Crippen LogP contribution is -2.13. The standard InChI is InChI=1S/C17H18O3/c18-11-15-16(20-15)12-19-17(13-7-3-1-4-8-13)14-9-5-2-6-10-14/h1-10,15-18H,11-12H2/t15-,16-/m1/s1. The predicted octanol–water partition coefficient (Wildman–Crippen LogP) is 2.55. The Kier molecular flexibility index (Phi) is 4.11. The van der Waals surface area contributed by atoms with Crippen molar-refractivity contribution in [3.05, 3.63) is 71.8 Å². The summed E-state index contributed by atoms with van der Waals surface area (Å²) in [6, 6.07) is 20.3. The van der Waals surface area contributed by atoms with E-state index in [1.165, 1.54) is 0 Å². The summed E-state index contributed by atoms with van der Waals surface area (Å²) in [5.41, 5.74) is 2.25. The first-order valence-corrected chi connectivity index (χ1v) is 6.86. The van der Waals surface area contributed by atoms with Gasteiger partial charge in [-0.25, -0.2) is 0 Å². The molecule has 3 rings (SSSR count). The minimum atomic E-state index is -0.0963. The van der Waals surface area contributed by atoms with Crippen LogP contribution in [0.2, 0.25) is 0 Å². The third kappa shape index (κ3) is 3.07. The van der Waals surface area contributed by atoms with Crippen LogP contribution in [0.3, 0.4) is 0 Å². The van der Waals surface area contributed by atoms with E-state index in [0.717, 1.165) is 11.1 Å². The summed E-state index contributed by atoms with van der Waals surface area (Å²) < 4.78 is 11.3. The highest BCUT2D eigenvalue weighted by Crippen LogP contribution is 2.29. The van der Waals surface area contributed by atoms with Crippen molar-refractivity contribution >= 4 is 0 Å². The molecule has 3 nitrogen and oxygen atoms in total. The smallest absolute Gasteiger partial charge is 0.110 e. The first-order valence-electron chi connectivity index (χ1n) is 6.86. The van der Waals surface area contributed by atoms with Gasteiger partial charge in [-0.05, 0) is 11.1 Å². The Labute approximate surface area is 118 Å². The monoisotopic (exact) mass is 270 g/mol. The summed E-state index contributed by atoms with van der Waals surface area (Å²) in [4.78, 5) is 0. The maximum absolute atomic E-state index is 9.00. The number of rotatable bonds is 6. The molecule has 2 atom stereocenters. The summed E-state index contributed by atoms with van der Waals surface area (Å²) in [7, 11) is 0. The molecule has 20 heavy (non-hydrogen) atoms. The molecule has 0 spiro atoms. The zero-order valence-electron chi connectivity index (χ0n) is 11.2. The van der Waals surface area contributed by atoms with Gasteiger partial charge in [-0.1, -0.05) is 60.7 Å². The summed E-state index contributed by atoms with van der Waals surface area (Å²) in [5, 5.41) is 9.00. The van der Waals surface area contributed by atoms with E-state index in [1.54, 1.807) is 0 Å². The molecule has 0 radical (unpaired) electrons. The Hall–Kier alpha value is -1.68. The van der Waals surface area contributed by atoms with E-state index in [9.17, 15) is 0 Å². The van der Waals surface area contributed by atoms with Gasteiger partial charge in [-0.15, -0.1) is 0 Å². The Morgan fingerprint density at radius 2 is 1.45 bits per heavy atom. The van der Waals surface area contributed by atoms with Gasteiger partial charge < -0.3 is 14.6 Å². The van der Waals surface area contributed by atoms with E-state index in [1.807, 2.05) is 36.4 Å². The summed E-state index contributed by atoms with van der Waals surface area (Å²) in [6.07, 6.45) is -0.127. The number of hydrogen-bond donors (Lipinski definition) is 1. The van der Waals surface area contributed by atoms with E-state index in [-0.39, 0.29) is 24.9 Å². The van der Waals surface area contributed by atoms with Gasteiger partial charge in [0.2, 0.25) is 0 Å². The van der Waals surface area contributed by atoms with Crippen LogP contribution in [0, 0.1) is 0 Å². The van der Waals surface area contributed by atoms with Gasteiger partial charge >= 0.3 is 0 Å². The quantitative estimate of drug-likeness (QED) is 0.820. The van der Waals surface area contributed by atoms with Crippen molar-refractivity contribution in [3.63, 3.8) is 0 Å². The van der Waals surface area contributed by atoms with Gasteiger partial charge in [0, 0.05) is 0 Å². The van der Waals surface area contributed by atoms with Gasteiger partial charge in [0.1, 0.15) is 18.3 Å². The van der Waals surface area contributed by atoms with Crippen LogP contribution < -0.4 is 0 Å². The van der Waals surface area contributed by atoms with Crippen molar-refractivity contribution in [2.24, 2.45) is 0 Å². The van der Waals surface area contributed by atoms with E-state index < -0.39 is 0 Å². The number of aliphatic hydroxyl groups is 1. The number of epoxide rings is 1. The molecule has 2 aromatic rings. The average molecular weight is 270 g/mol. The van der Waals surface area contributed by atoms with Crippen molar-refractivity contribution < 1.29 is 14.6 Å². The van der Waals surface area contributed by atoms with Crippen LogP contribution in [0.5, 0.6) is 0 Å². The van der Waals surface area contributed by atoms with E-state index in [2.05, 4.69) is 24.3 Å². The molecule has 0 aliphatic carbocycles. The highest BCUT2D eigenvalue weighted by atomic mass is 16.6. The highest BCUT2D eigenvalue weighted by molar-refractivity contribution is 5.29. The van der Waals surface area contributed by atoms with E-state index in [0.29, 0.717) is 6.61 Å². The first-order chi connectivity index (χ1) is 9.88. The van der Waals surface area contributed by atoms with Crippen molar-refractivity contribution in [1.82, 2.24) is 0 Å².